The third-order valence-electron chi connectivity index (χ3n) is 5.74. The summed E-state index contributed by atoms with van der Waals surface area (Å²) >= 11 is 0. The molecule has 0 bridgehead atoms. The number of nitrogens with zero attached hydrogens (tertiary/aromatic N) is 7. The number of morpholine rings is 1. The van der Waals surface area contributed by atoms with Gasteiger partial charge in [0.2, 0.25) is 5.95 Å². The second-order valence-electron chi connectivity index (χ2n) is 7.78. The zero-order valence-electron chi connectivity index (χ0n) is 16.5. The van der Waals surface area contributed by atoms with Crippen molar-refractivity contribution < 1.29 is 4.74 Å². The van der Waals surface area contributed by atoms with Gasteiger partial charge in [0, 0.05) is 54.4 Å². The Balaban J connectivity index is 1.56. The first-order valence-corrected chi connectivity index (χ1v) is 10.4. The monoisotopic (exact) mass is 399 g/mol. The number of hydrogen-bond acceptors (Lipinski definition) is 8. The Kier molecular flexibility index (Phi) is 4.23. The molecule has 2 aliphatic heterocycles. The summed E-state index contributed by atoms with van der Waals surface area (Å²) in [4.78, 5) is 30.4. The van der Waals surface area contributed by atoms with E-state index in [1.165, 1.54) is 12.8 Å². The van der Waals surface area contributed by atoms with Gasteiger partial charge in [0.05, 0.1) is 19.8 Å². The lowest BCUT2D eigenvalue weighted by Crippen LogP contribution is -2.41. The van der Waals surface area contributed by atoms with Crippen LogP contribution in [0.2, 0.25) is 0 Å². The third-order valence-corrected chi connectivity index (χ3v) is 5.74. The van der Waals surface area contributed by atoms with E-state index in [0.29, 0.717) is 31.6 Å². The van der Waals surface area contributed by atoms with Crippen LogP contribution in [0, 0.1) is 0 Å². The minimum atomic E-state index is 0.517. The molecule has 0 atom stereocenters. The Morgan fingerprint density at radius 2 is 1.77 bits per heavy atom. The molecule has 3 aromatic heterocycles. The molecule has 1 aliphatic carbocycles. The summed E-state index contributed by atoms with van der Waals surface area (Å²) in [5.41, 5.74) is 3.91. The Morgan fingerprint density at radius 3 is 2.57 bits per heavy atom. The summed E-state index contributed by atoms with van der Waals surface area (Å²) in [6.07, 6.45) is 7.83. The number of pyridine rings is 1. The molecule has 6 rings (SSSR count). The fourth-order valence-electron chi connectivity index (χ4n) is 3.95. The Morgan fingerprint density at radius 1 is 0.933 bits per heavy atom. The number of ether oxygens (including phenoxy) is 1. The molecule has 1 saturated heterocycles. The summed E-state index contributed by atoms with van der Waals surface area (Å²) in [5.74, 6) is 2.01. The first-order valence-electron chi connectivity index (χ1n) is 10.4. The van der Waals surface area contributed by atoms with E-state index in [-0.39, 0.29) is 0 Å². The maximum Gasteiger partial charge on any atom is 0.226 e. The lowest BCUT2D eigenvalue weighted by molar-refractivity contribution is 0.122. The van der Waals surface area contributed by atoms with Crippen molar-refractivity contribution in [1.82, 2.24) is 24.9 Å². The van der Waals surface area contributed by atoms with Gasteiger partial charge in [-0.1, -0.05) is 0 Å². The predicted octanol–water partition coefficient (Wildman–Crippen LogP) is 0.875. The fraction of sp³-hybridized carbons (Fsp3) is 0.364. The molecule has 0 aromatic carbocycles. The second-order valence-corrected chi connectivity index (χ2v) is 7.78. The number of aromatic nitrogens is 5. The lowest BCUT2D eigenvalue weighted by atomic mass is 10.1. The fourth-order valence-corrected chi connectivity index (χ4v) is 3.95. The van der Waals surface area contributed by atoms with Gasteiger partial charge in [-0.25, -0.2) is 19.9 Å². The van der Waals surface area contributed by atoms with Gasteiger partial charge in [-0.05, 0) is 31.0 Å². The summed E-state index contributed by atoms with van der Waals surface area (Å²) < 4.78 is 5.51. The molecule has 0 amide bonds. The highest BCUT2D eigenvalue weighted by molar-refractivity contribution is 5.67. The van der Waals surface area contributed by atoms with Crippen molar-refractivity contribution in [3.63, 3.8) is 0 Å². The molecule has 2 fully saturated rings. The van der Waals surface area contributed by atoms with E-state index in [4.69, 9.17) is 24.7 Å². The molecule has 3 aromatic rings. The van der Waals surface area contributed by atoms with Crippen LogP contribution in [0.4, 0.5) is 5.95 Å². The molecule has 0 N–H and O–H groups in total. The van der Waals surface area contributed by atoms with Crippen molar-refractivity contribution in [2.45, 2.75) is 18.8 Å². The van der Waals surface area contributed by atoms with E-state index in [2.05, 4.69) is 14.9 Å². The van der Waals surface area contributed by atoms with Crippen molar-refractivity contribution >= 4 is 11.5 Å². The van der Waals surface area contributed by atoms with Gasteiger partial charge < -0.3 is 9.64 Å². The highest BCUT2D eigenvalue weighted by atomic mass is 16.5. The predicted molar refractivity (Wildman–Crippen MR) is 110 cm³/mol. The van der Waals surface area contributed by atoms with Crippen molar-refractivity contribution in [3.05, 3.63) is 59.0 Å². The van der Waals surface area contributed by atoms with Gasteiger partial charge in [-0.2, -0.15) is 0 Å². The average Bonchev–Trinajstić information content (AvgIpc) is 3.59. The highest BCUT2D eigenvalue weighted by Crippen LogP contribution is 2.38. The molecule has 0 spiro atoms. The molecule has 8 heteroatoms. The minimum Gasteiger partial charge on any atom is -0.378 e. The average molecular weight is 399 g/mol. The van der Waals surface area contributed by atoms with Gasteiger partial charge in [-0.15, -0.1) is 0 Å². The molecule has 0 unspecified atom stereocenters. The van der Waals surface area contributed by atoms with Gasteiger partial charge in [0.25, 0.3) is 0 Å². The van der Waals surface area contributed by atoms with Crippen LogP contribution in [0.5, 0.6) is 0 Å². The van der Waals surface area contributed by atoms with E-state index in [0.717, 1.165) is 52.1 Å². The van der Waals surface area contributed by atoms with Crippen LogP contribution in [0.3, 0.4) is 0 Å². The van der Waals surface area contributed by atoms with E-state index >= 15 is 0 Å². The van der Waals surface area contributed by atoms with E-state index < -0.39 is 0 Å². The Hall–Kier alpha value is -3.26. The third kappa shape index (κ3) is 3.13. The Bertz CT molecular complexity index is 1220. The van der Waals surface area contributed by atoms with Crippen LogP contribution in [-0.2, 0) is 4.74 Å². The quantitative estimate of drug-likeness (QED) is 0.643. The summed E-state index contributed by atoms with van der Waals surface area (Å²) in [5, 5.41) is 1.65. The lowest BCUT2D eigenvalue weighted by Gasteiger charge is -2.27. The summed E-state index contributed by atoms with van der Waals surface area (Å²) in [6, 6.07) is 5.95. The SMILES string of the molecule is c1cc(-c2nc(N3CCOCC3)nc3c2=NCC=3c2nccc(C3CC3)n2)ccn1. The van der Waals surface area contributed by atoms with E-state index in [1.54, 1.807) is 12.4 Å². The smallest absolute Gasteiger partial charge is 0.226 e. The van der Waals surface area contributed by atoms with E-state index in [1.807, 2.05) is 24.4 Å². The molecule has 0 radical (unpaired) electrons. The largest absolute Gasteiger partial charge is 0.378 e. The molecular formula is C22H21N7O. The molecule has 8 nitrogen and oxygen atoms in total. The Labute approximate surface area is 173 Å². The van der Waals surface area contributed by atoms with Crippen LogP contribution in [0.15, 0.2) is 41.8 Å². The first kappa shape index (κ1) is 17.6. The standard InChI is InChI=1S/C22H21N7O/c1-2-14(1)17-5-8-24-21(26-17)16-13-25-20-18(15-3-6-23-7-4-15)27-22(28-19(16)20)29-9-11-30-12-10-29/h3-8,14H,1-2,9-13H2. The molecule has 3 aliphatic rings. The summed E-state index contributed by atoms with van der Waals surface area (Å²) in [6.45, 7) is 3.42. The maximum absolute atomic E-state index is 5.51. The van der Waals surface area contributed by atoms with Crippen molar-refractivity contribution in [1.29, 1.82) is 0 Å². The molecule has 1 saturated carbocycles. The number of anilines is 1. The van der Waals surface area contributed by atoms with Crippen LogP contribution in [0.1, 0.15) is 30.3 Å². The maximum atomic E-state index is 5.51. The number of fused-ring (bicyclic) bond motifs is 1. The minimum absolute atomic E-state index is 0.517. The van der Waals surface area contributed by atoms with Gasteiger partial charge >= 0.3 is 0 Å². The van der Waals surface area contributed by atoms with Crippen molar-refractivity contribution in [2.24, 2.45) is 4.99 Å². The van der Waals surface area contributed by atoms with Gasteiger partial charge in [0.15, 0.2) is 5.82 Å². The second kappa shape index (κ2) is 7.21. The van der Waals surface area contributed by atoms with Crippen molar-refractivity contribution in [2.75, 3.05) is 37.7 Å². The van der Waals surface area contributed by atoms with Gasteiger partial charge in [-0.3, -0.25) is 9.98 Å². The number of rotatable bonds is 4. The molecule has 150 valence electrons. The zero-order valence-corrected chi connectivity index (χ0v) is 16.5. The zero-order chi connectivity index (χ0) is 19.9. The highest BCUT2D eigenvalue weighted by Gasteiger charge is 2.27. The van der Waals surface area contributed by atoms with Crippen LogP contribution < -0.4 is 15.6 Å². The van der Waals surface area contributed by atoms with Crippen molar-refractivity contribution in [3.8, 4) is 11.3 Å². The van der Waals surface area contributed by atoms with Gasteiger partial charge in [0.1, 0.15) is 16.4 Å². The van der Waals surface area contributed by atoms with Crippen LogP contribution >= 0.6 is 0 Å². The van der Waals surface area contributed by atoms with Crippen LogP contribution in [0.25, 0.3) is 16.8 Å². The first-order chi connectivity index (χ1) is 14.9. The molecule has 5 heterocycles. The van der Waals surface area contributed by atoms with E-state index in [9.17, 15) is 0 Å². The van der Waals surface area contributed by atoms with Crippen LogP contribution in [-0.4, -0.2) is 57.8 Å². The normalized spacial score (nSPS) is 18.3. The summed E-state index contributed by atoms with van der Waals surface area (Å²) in [7, 11) is 0. The topological polar surface area (TPSA) is 89.3 Å². The number of hydrogen-bond donors (Lipinski definition) is 0. The molecule has 30 heavy (non-hydrogen) atoms. The molecular weight excluding hydrogens is 378 g/mol.